The number of hydrazine groups is 1. The molecule has 1 aliphatic carbocycles. The summed E-state index contributed by atoms with van der Waals surface area (Å²) in [4.78, 5) is 42.4. The van der Waals surface area contributed by atoms with Gasteiger partial charge in [0.2, 0.25) is 5.91 Å². The molecule has 2 saturated heterocycles. The first kappa shape index (κ1) is 32.6. The van der Waals surface area contributed by atoms with Gasteiger partial charge in [0.1, 0.15) is 0 Å². The molecule has 6 N–H and O–H groups in total. The van der Waals surface area contributed by atoms with Gasteiger partial charge in [-0.3, -0.25) is 20.3 Å². The number of anilines is 1. The van der Waals surface area contributed by atoms with Crippen LogP contribution < -0.4 is 32.1 Å². The highest BCUT2D eigenvalue weighted by Crippen LogP contribution is 2.37. The second-order valence-corrected chi connectivity index (χ2v) is 13.3. The number of likely N-dealkylation sites (tertiary alicyclic amines) is 1. The Bertz CT molecular complexity index is 1350. The molecule has 1 saturated carbocycles. The Hall–Kier alpha value is -3.77. The quantitative estimate of drug-likeness (QED) is 0.227. The van der Waals surface area contributed by atoms with Gasteiger partial charge in [-0.25, -0.2) is 10.2 Å². The summed E-state index contributed by atoms with van der Waals surface area (Å²) in [5.74, 6) is -0.227. The maximum atomic E-state index is 13.8. The number of nitrogens with one attached hydrogen (secondary N) is 6. The average molecular weight is 617 g/mol. The molecule has 3 fully saturated rings. The molecule has 242 valence electrons. The van der Waals surface area contributed by atoms with Gasteiger partial charge >= 0.3 is 6.03 Å². The Balaban J connectivity index is 1.17. The van der Waals surface area contributed by atoms with Crippen LogP contribution in [0.4, 0.5) is 10.5 Å². The topological polar surface area (TPSA) is 130 Å². The van der Waals surface area contributed by atoms with Crippen molar-refractivity contribution in [2.45, 2.75) is 75.4 Å². The fraction of sp³-hybridized carbons (Fsp3) is 0.500. The standard InChI is InChI=1S/C34H48N8O3/c1-6-29(43)35-24-17-15-23(16-18-24)32(44)37-26-14-10-13-25(19-26)36-31-27-20-42(34(2,3)30(27)39-40-31)33(45)38-28(21-41(4)5)22-11-8-7-9-12-22/h6-9,11-12,15-18,25-28,30-31,36,39-40H,1,10,13-14,19-21H2,2-5H3,(H,35,43)(H,37,44)(H,38,45)/t25-,26+,27?,28-,30?,31?/m1/s1. The summed E-state index contributed by atoms with van der Waals surface area (Å²) in [6, 6.07) is 17.2. The molecule has 2 aliphatic heterocycles. The Morgan fingerprint density at radius 2 is 1.76 bits per heavy atom. The maximum absolute atomic E-state index is 13.8. The van der Waals surface area contributed by atoms with Crippen molar-refractivity contribution in [2.75, 3.05) is 32.5 Å². The van der Waals surface area contributed by atoms with Gasteiger partial charge in [0.05, 0.1) is 23.8 Å². The number of amides is 4. The molecule has 0 radical (unpaired) electrons. The normalized spacial score (nSPS) is 26.2. The van der Waals surface area contributed by atoms with Gasteiger partial charge in [0.15, 0.2) is 0 Å². The molecule has 6 atom stereocenters. The summed E-state index contributed by atoms with van der Waals surface area (Å²) in [6.07, 6.45) is 4.99. The lowest BCUT2D eigenvalue weighted by molar-refractivity contribution is -0.111. The molecule has 0 bridgehead atoms. The van der Waals surface area contributed by atoms with Crippen LogP contribution in [0.15, 0.2) is 67.3 Å². The van der Waals surface area contributed by atoms with E-state index in [-0.39, 0.29) is 54.1 Å². The van der Waals surface area contributed by atoms with Crippen molar-refractivity contribution >= 4 is 23.5 Å². The number of hydrogen-bond donors (Lipinski definition) is 6. The van der Waals surface area contributed by atoms with Crippen LogP contribution in [0.25, 0.3) is 0 Å². The van der Waals surface area contributed by atoms with E-state index in [4.69, 9.17) is 0 Å². The van der Waals surface area contributed by atoms with Crippen molar-refractivity contribution in [3.05, 3.63) is 78.4 Å². The predicted octanol–water partition coefficient (Wildman–Crippen LogP) is 2.97. The lowest BCUT2D eigenvalue weighted by Crippen LogP contribution is -2.58. The van der Waals surface area contributed by atoms with Crippen molar-refractivity contribution in [3.63, 3.8) is 0 Å². The summed E-state index contributed by atoms with van der Waals surface area (Å²) in [7, 11) is 4.04. The molecule has 0 aromatic heterocycles. The average Bonchev–Trinajstić information content (AvgIpc) is 3.54. The van der Waals surface area contributed by atoms with E-state index in [1.54, 1.807) is 24.3 Å². The minimum atomic E-state index is -0.398. The molecule has 2 heterocycles. The zero-order valence-corrected chi connectivity index (χ0v) is 26.8. The highest BCUT2D eigenvalue weighted by Gasteiger charge is 2.55. The van der Waals surface area contributed by atoms with Crippen LogP contribution in [0, 0.1) is 5.92 Å². The number of rotatable bonds is 10. The Labute approximate surface area is 266 Å². The van der Waals surface area contributed by atoms with E-state index in [2.05, 4.69) is 69.6 Å². The fourth-order valence-corrected chi connectivity index (χ4v) is 7.03. The lowest BCUT2D eigenvalue weighted by Gasteiger charge is -2.37. The maximum Gasteiger partial charge on any atom is 0.318 e. The Morgan fingerprint density at radius 3 is 2.44 bits per heavy atom. The van der Waals surface area contributed by atoms with Gasteiger partial charge in [-0.15, -0.1) is 0 Å². The number of benzene rings is 2. The Kier molecular flexibility index (Phi) is 10.2. The smallest absolute Gasteiger partial charge is 0.318 e. The number of likely N-dealkylation sites (N-methyl/N-ethyl adjacent to an activating group) is 1. The van der Waals surface area contributed by atoms with Crippen LogP contribution in [-0.4, -0.2) is 84.7 Å². The molecule has 4 amide bonds. The third-order valence-electron chi connectivity index (χ3n) is 9.42. The predicted molar refractivity (Wildman–Crippen MR) is 176 cm³/mol. The number of carbonyl (C=O) groups excluding carboxylic acids is 3. The number of hydrogen-bond acceptors (Lipinski definition) is 7. The largest absolute Gasteiger partial charge is 0.349 e. The molecule has 3 unspecified atom stereocenters. The molecule has 0 spiro atoms. The second-order valence-electron chi connectivity index (χ2n) is 13.3. The molecule has 5 rings (SSSR count). The van der Waals surface area contributed by atoms with Crippen LogP contribution in [-0.2, 0) is 4.79 Å². The van der Waals surface area contributed by atoms with E-state index >= 15 is 0 Å². The minimum absolute atomic E-state index is 0.00320. The third-order valence-corrected chi connectivity index (χ3v) is 9.42. The fourth-order valence-electron chi connectivity index (χ4n) is 7.03. The highest BCUT2D eigenvalue weighted by atomic mass is 16.2. The molecular formula is C34H48N8O3. The molecular weight excluding hydrogens is 568 g/mol. The van der Waals surface area contributed by atoms with Crippen molar-refractivity contribution in [1.29, 1.82) is 0 Å². The van der Waals surface area contributed by atoms with Gasteiger partial charge < -0.3 is 25.8 Å². The zero-order valence-electron chi connectivity index (χ0n) is 26.8. The second kappa shape index (κ2) is 14.1. The summed E-state index contributed by atoms with van der Waals surface area (Å²) < 4.78 is 0. The van der Waals surface area contributed by atoms with E-state index in [0.29, 0.717) is 24.3 Å². The molecule has 2 aromatic carbocycles. The molecule has 45 heavy (non-hydrogen) atoms. The molecule has 2 aromatic rings. The van der Waals surface area contributed by atoms with Crippen molar-refractivity contribution in [3.8, 4) is 0 Å². The van der Waals surface area contributed by atoms with E-state index in [1.165, 1.54) is 6.08 Å². The highest BCUT2D eigenvalue weighted by molar-refractivity contribution is 5.99. The Morgan fingerprint density at radius 1 is 1.04 bits per heavy atom. The number of nitrogens with zero attached hydrogens (tertiary/aromatic N) is 2. The first-order chi connectivity index (χ1) is 21.5. The van der Waals surface area contributed by atoms with E-state index in [9.17, 15) is 14.4 Å². The number of fused-ring (bicyclic) bond motifs is 1. The van der Waals surface area contributed by atoms with Gasteiger partial charge in [-0.2, -0.15) is 0 Å². The molecule has 11 nitrogen and oxygen atoms in total. The lowest BCUT2D eigenvalue weighted by atomic mass is 9.87. The monoisotopic (exact) mass is 616 g/mol. The first-order valence-corrected chi connectivity index (χ1v) is 15.9. The van der Waals surface area contributed by atoms with Crippen LogP contribution >= 0.6 is 0 Å². The van der Waals surface area contributed by atoms with E-state index in [1.807, 2.05) is 37.2 Å². The van der Waals surface area contributed by atoms with Crippen molar-refractivity contribution in [2.24, 2.45) is 5.92 Å². The summed E-state index contributed by atoms with van der Waals surface area (Å²) >= 11 is 0. The van der Waals surface area contributed by atoms with Gasteiger partial charge in [-0.1, -0.05) is 36.9 Å². The van der Waals surface area contributed by atoms with Crippen LogP contribution in [0.2, 0.25) is 0 Å². The summed E-state index contributed by atoms with van der Waals surface area (Å²) in [5, 5.41) is 13.0. The number of carbonyl (C=O) groups is 3. The van der Waals surface area contributed by atoms with E-state index < -0.39 is 5.54 Å². The minimum Gasteiger partial charge on any atom is -0.349 e. The molecule has 3 aliphatic rings. The van der Waals surface area contributed by atoms with Crippen LogP contribution in [0.5, 0.6) is 0 Å². The van der Waals surface area contributed by atoms with Crippen LogP contribution in [0.1, 0.15) is 61.5 Å². The summed E-state index contributed by atoms with van der Waals surface area (Å²) in [6.45, 7) is 9.05. The van der Waals surface area contributed by atoms with Gasteiger partial charge in [0, 0.05) is 42.3 Å². The van der Waals surface area contributed by atoms with Crippen molar-refractivity contribution in [1.82, 2.24) is 36.6 Å². The van der Waals surface area contributed by atoms with E-state index in [0.717, 1.165) is 31.2 Å². The zero-order chi connectivity index (χ0) is 32.1. The summed E-state index contributed by atoms with van der Waals surface area (Å²) in [5.41, 5.74) is 8.82. The van der Waals surface area contributed by atoms with Gasteiger partial charge in [-0.05, 0) is 89.5 Å². The van der Waals surface area contributed by atoms with Crippen molar-refractivity contribution < 1.29 is 14.4 Å². The third kappa shape index (κ3) is 7.73. The SMILES string of the molecule is C=CC(=O)Nc1ccc(C(=O)N[C@H]2CCC[C@@H](NC3NNC4C3CN(C(=O)N[C@H](CN(C)C)c3ccccc3)C4(C)C)C2)cc1. The van der Waals surface area contributed by atoms with Gasteiger partial charge in [0.25, 0.3) is 5.91 Å². The molecule has 11 heteroatoms. The van der Waals surface area contributed by atoms with Crippen LogP contribution in [0.3, 0.4) is 0 Å². The first-order valence-electron chi connectivity index (χ1n) is 15.9. The number of urea groups is 1.